The molecular weight excluding hydrogens is 325 g/mol. The number of halogens is 1. The lowest BCUT2D eigenvalue weighted by atomic mass is 10.1. The van der Waals surface area contributed by atoms with E-state index >= 15 is 0 Å². The van der Waals surface area contributed by atoms with E-state index in [1.165, 1.54) is 19.4 Å². The minimum Gasteiger partial charge on any atom is -0.465 e. The number of methoxy groups -OCH3 is 1. The first kappa shape index (κ1) is 16.5. The van der Waals surface area contributed by atoms with Gasteiger partial charge in [0.2, 0.25) is 0 Å². The fourth-order valence-corrected chi connectivity index (χ4v) is 2.31. The number of hydrogen-bond acceptors (Lipinski definition) is 5. The molecule has 0 amide bonds. The topological polar surface area (TPSA) is 74.1 Å². The molecule has 7 heteroatoms. The van der Waals surface area contributed by atoms with Gasteiger partial charge in [-0.15, -0.1) is 0 Å². The number of alkyl halides is 1. The molecule has 0 aliphatic rings. The van der Waals surface area contributed by atoms with Crippen LogP contribution in [-0.2, 0) is 11.4 Å². The van der Waals surface area contributed by atoms with Crippen LogP contribution in [0, 0.1) is 0 Å². The van der Waals surface area contributed by atoms with Gasteiger partial charge in [0, 0.05) is 11.8 Å². The third kappa shape index (κ3) is 3.30. The lowest BCUT2D eigenvalue weighted by molar-refractivity contribution is 0.0598. The van der Waals surface area contributed by atoms with Crippen molar-refractivity contribution in [1.29, 1.82) is 0 Å². The quantitative estimate of drug-likeness (QED) is 0.683. The molecule has 0 N–H and O–H groups in total. The number of esters is 1. The highest BCUT2D eigenvalue weighted by atomic mass is 19.1. The summed E-state index contributed by atoms with van der Waals surface area (Å²) >= 11 is 0. The standard InChI is InChI=1S/C18H14FN3O3/c1-25-18(24)15-9-16(13-6-4-12(10-19)5-7-13)21-22(17(15)23)14-3-2-8-20-11-14/h2-9,11H,10H2,1H3. The van der Waals surface area contributed by atoms with Crippen LogP contribution in [0.1, 0.15) is 15.9 Å². The third-order valence-corrected chi connectivity index (χ3v) is 3.61. The summed E-state index contributed by atoms with van der Waals surface area (Å²) in [6.07, 6.45) is 3.03. The number of pyridine rings is 1. The Bertz CT molecular complexity index is 954. The highest BCUT2D eigenvalue weighted by molar-refractivity contribution is 5.90. The fraction of sp³-hybridized carbons (Fsp3) is 0.111. The zero-order valence-corrected chi connectivity index (χ0v) is 13.3. The van der Waals surface area contributed by atoms with Gasteiger partial charge >= 0.3 is 5.97 Å². The number of aromatic nitrogens is 3. The van der Waals surface area contributed by atoms with Crippen molar-refractivity contribution in [3.63, 3.8) is 0 Å². The number of nitrogens with zero attached hydrogens (tertiary/aromatic N) is 3. The molecule has 1 aromatic carbocycles. The average molecular weight is 339 g/mol. The molecule has 0 atom stereocenters. The van der Waals surface area contributed by atoms with Gasteiger partial charge < -0.3 is 4.74 Å². The molecule has 6 nitrogen and oxygen atoms in total. The average Bonchev–Trinajstić information content (AvgIpc) is 2.68. The van der Waals surface area contributed by atoms with E-state index < -0.39 is 18.2 Å². The summed E-state index contributed by atoms with van der Waals surface area (Å²) in [6.45, 7) is -0.573. The Morgan fingerprint density at radius 2 is 2.00 bits per heavy atom. The van der Waals surface area contributed by atoms with E-state index in [0.29, 0.717) is 22.5 Å². The zero-order chi connectivity index (χ0) is 17.8. The van der Waals surface area contributed by atoms with Gasteiger partial charge in [-0.25, -0.2) is 9.18 Å². The van der Waals surface area contributed by atoms with Crippen LogP contribution < -0.4 is 5.56 Å². The first-order valence-corrected chi connectivity index (χ1v) is 7.42. The molecule has 2 aromatic heterocycles. The Morgan fingerprint density at radius 1 is 1.24 bits per heavy atom. The molecule has 0 saturated heterocycles. The van der Waals surface area contributed by atoms with Crippen molar-refractivity contribution in [2.45, 2.75) is 6.67 Å². The maximum atomic E-state index is 12.7. The second-order valence-corrected chi connectivity index (χ2v) is 5.19. The van der Waals surface area contributed by atoms with Gasteiger partial charge in [-0.2, -0.15) is 9.78 Å². The van der Waals surface area contributed by atoms with Gasteiger partial charge in [0.1, 0.15) is 12.2 Å². The number of ether oxygens (including phenoxy) is 1. The van der Waals surface area contributed by atoms with Crippen LogP contribution in [0.25, 0.3) is 16.9 Å². The van der Waals surface area contributed by atoms with Crippen molar-refractivity contribution in [3.8, 4) is 16.9 Å². The molecule has 0 radical (unpaired) electrons. The predicted molar refractivity (Wildman–Crippen MR) is 89.2 cm³/mol. The molecule has 3 aromatic rings. The van der Waals surface area contributed by atoms with Crippen molar-refractivity contribution in [1.82, 2.24) is 14.8 Å². The molecular formula is C18H14FN3O3. The summed E-state index contributed by atoms with van der Waals surface area (Å²) in [5, 5.41) is 4.31. The smallest absolute Gasteiger partial charge is 0.343 e. The molecule has 0 aliphatic carbocycles. The highest BCUT2D eigenvalue weighted by Gasteiger charge is 2.17. The largest absolute Gasteiger partial charge is 0.465 e. The molecule has 25 heavy (non-hydrogen) atoms. The number of hydrogen-bond donors (Lipinski definition) is 0. The molecule has 2 heterocycles. The number of carbonyl (C=O) groups excluding carboxylic acids is 1. The highest BCUT2D eigenvalue weighted by Crippen LogP contribution is 2.19. The minimum atomic E-state index is -0.758. The molecule has 0 bridgehead atoms. The predicted octanol–water partition coefficient (Wildman–Crippen LogP) is 2.55. The summed E-state index contributed by atoms with van der Waals surface area (Å²) in [6, 6.07) is 11.3. The Kier molecular flexibility index (Phi) is 4.65. The van der Waals surface area contributed by atoms with Gasteiger partial charge in [0.15, 0.2) is 0 Å². The Balaban J connectivity index is 2.21. The Labute approximate surface area is 142 Å². The Hall–Kier alpha value is -3.35. The summed E-state index contributed by atoms with van der Waals surface area (Å²) in [7, 11) is 1.20. The van der Waals surface area contributed by atoms with Crippen molar-refractivity contribution < 1.29 is 13.9 Å². The van der Waals surface area contributed by atoms with Crippen LogP contribution in [0.5, 0.6) is 0 Å². The number of benzene rings is 1. The van der Waals surface area contributed by atoms with Crippen LogP contribution in [-0.4, -0.2) is 27.8 Å². The van der Waals surface area contributed by atoms with Crippen molar-refractivity contribution in [2.24, 2.45) is 0 Å². The summed E-state index contributed by atoms with van der Waals surface area (Å²) in [5.74, 6) is -0.758. The second kappa shape index (κ2) is 7.04. The lowest BCUT2D eigenvalue weighted by Crippen LogP contribution is -2.28. The van der Waals surface area contributed by atoms with Crippen molar-refractivity contribution in [2.75, 3.05) is 7.11 Å². The minimum absolute atomic E-state index is 0.147. The van der Waals surface area contributed by atoms with Gasteiger partial charge in [0.05, 0.1) is 24.7 Å². The van der Waals surface area contributed by atoms with E-state index in [4.69, 9.17) is 4.74 Å². The van der Waals surface area contributed by atoms with E-state index in [1.807, 2.05) is 0 Å². The summed E-state index contributed by atoms with van der Waals surface area (Å²) in [4.78, 5) is 28.5. The van der Waals surface area contributed by atoms with Crippen LogP contribution in [0.4, 0.5) is 4.39 Å². The molecule has 0 fully saturated rings. The molecule has 0 aliphatic heterocycles. The van der Waals surface area contributed by atoms with Crippen LogP contribution in [0.15, 0.2) is 59.7 Å². The summed E-state index contributed by atoms with van der Waals surface area (Å²) < 4.78 is 18.5. The SMILES string of the molecule is COC(=O)c1cc(-c2ccc(CF)cc2)nn(-c2cccnc2)c1=O. The van der Waals surface area contributed by atoms with Crippen LogP contribution in [0.3, 0.4) is 0 Å². The maximum Gasteiger partial charge on any atom is 0.343 e. The Morgan fingerprint density at radius 3 is 2.60 bits per heavy atom. The summed E-state index contributed by atoms with van der Waals surface area (Å²) in [5.41, 5.74) is 1.21. The zero-order valence-electron chi connectivity index (χ0n) is 13.3. The van der Waals surface area contributed by atoms with E-state index in [9.17, 15) is 14.0 Å². The molecule has 126 valence electrons. The van der Waals surface area contributed by atoms with Gasteiger partial charge in [0.25, 0.3) is 5.56 Å². The van der Waals surface area contributed by atoms with Crippen LogP contribution in [0.2, 0.25) is 0 Å². The molecule has 0 unspecified atom stereocenters. The van der Waals surface area contributed by atoms with Crippen LogP contribution >= 0.6 is 0 Å². The van der Waals surface area contributed by atoms with Gasteiger partial charge in [-0.05, 0) is 23.8 Å². The maximum absolute atomic E-state index is 12.7. The van der Waals surface area contributed by atoms with E-state index in [0.717, 1.165) is 4.68 Å². The monoisotopic (exact) mass is 339 g/mol. The third-order valence-electron chi connectivity index (χ3n) is 3.61. The molecule has 0 spiro atoms. The number of rotatable bonds is 4. The first-order chi connectivity index (χ1) is 12.1. The van der Waals surface area contributed by atoms with Gasteiger partial charge in [-0.3, -0.25) is 9.78 Å². The van der Waals surface area contributed by atoms with E-state index in [2.05, 4.69) is 10.1 Å². The van der Waals surface area contributed by atoms with Gasteiger partial charge in [-0.1, -0.05) is 24.3 Å². The first-order valence-electron chi connectivity index (χ1n) is 7.42. The normalized spacial score (nSPS) is 10.5. The van der Waals surface area contributed by atoms with Crippen molar-refractivity contribution in [3.05, 3.63) is 76.3 Å². The fourth-order valence-electron chi connectivity index (χ4n) is 2.31. The van der Waals surface area contributed by atoms with E-state index in [-0.39, 0.29) is 5.56 Å². The van der Waals surface area contributed by atoms with Crippen molar-refractivity contribution >= 4 is 5.97 Å². The lowest BCUT2D eigenvalue weighted by Gasteiger charge is -2.10. The second-order valence-electron chi connectivity index (χ2n) is 5.19. The molecule has 3 rings (SSSR count). The molecule has 0 saturated carbocycles. The van der Waals surface area contributed by atoms with E-state index in [1.54, 1.807) is 42.6 Å². The number of carbonyl (C=O) groups is 1.